The summed E-state index contributed by atoms with van der Waals surface area (Å²) in [7, 11) is 0. The number of hydrogen-bond donors (Lipinski definition) is 1. The van der Waals surface area contributed by atoms with E-state index >= 15 is 0 Å². The Bertz CT molecular complexity index is 232. The Kier molecular flexibility index (Phi) is 5.54. The molecule has 1 heteroatoms. The molecular formula is C17H33N. The molecule has 0 saturated heterocycles. The van der Waals surface area contributed by atoms with Crippen LogP contribution in [-0.4, -0.2) is 12.1 Å². The predicted octanol–water partition coefficient (Wildman–Crippen LogP) is 4.76. The minimum atomic E-state index is 0.802. The minimum Gasteiger partial charge on any atom is -0.311 e. The van der Waals surface area contributed by atoms with Gasteiger partial charge in [0.25, 0.3) is 0 Å². The third kappa shape index (κ3) is 3.73. The molecule has 2 aliphatic rings. The second-order valence-electron chi connectivity index (χ2n) is 7.04. The van der Waals surface area contributed by atoms with E-state index < -0.39 is 0 Å². The van der Waals surface area contributed by atoms with Crippen LogP contribution in [0.3, 0.4) is 0 Å². The van der Waals surface area contributed by atoms with E-state index in [1.165, 1.54) is 57.8 Å². The van der Waals surface area contributed by atoms with E-state index in [1.807, 2.05) is 0 Å². The summed E-state index contributed by atoms with van der Waals surface area (Å²) in [5, 5.41) is 4.03. The van der Waals surface area contributed by atoms with Gasteiger partial charge in [0.2, 0.25) is 0 Å². The molecule has 0 spiro atoms. The van der Waals surface area contributed by atoms with Gasteiger partial charge in [-0.1, -0.05) is 40.0 Å². The van der Waals surface area contributed by atoms with Crippen molar-refractivity contribution in [1.82, 2.24) is 5.32 Å². The summed E-state index contributed by atoms with van der Waals surface area (Å²) in [6.45, 7) is 7.25. The fraction of sp³-hybridized carbons (Fsp3) is 1.00. The lowest BCUT2D eigenvalue weighted by Gasteiger charge is -2.38. The fourth-order valence-corrected chi connectivity index (χ4v) is 4.13. The second-order valence-corrected chi connectivity index (χ2v) is 7.04. The van der Waals surface area contributed by atoms with Crippen molar-refractivity contribution >= 4 is 0 Å². The van der Waals surface area contributed by atoms with Crippen LogP contribution < -0.4 is 5.32 Å². The Hall–Kier alpha value is -0.0400. The van der Waals surface area contributed by atoms with Crippen molar-refractivity contribution in [3.8, 4) is 0 Å². The molecule has 0 aromatic carbocycles. The summed E-state index contributed by atoms with van der Waals surface area (Å²) in [4.78, 5) is 0. The van der Waals surface area contributed by atoms with Crippen molar-refractivity contribution < 1.29 is 0 Å². The molecule has 0 aromatic heterocycles. The maximum Gasteiger partial charge on any atom is 0.00952 e. The Morgan fingerprint density at radius 2 is 1.67 bits per heavy atom. The van der Waals surface area contributed by atoms with E-state index in [0.29, 0.717) is 0 Å². The first-order valence-corrected chi connectivity index (χ1v) is 8.46. The highest BCUT2D eigenvalue weighted by atomic mass is 15.0. The van der Waals surface area contributed by atoms with Crippen molar-refractivity contribution in [1.29, 1.82) is 0 Å². The van der Waals surface area contributed by atoms with Crippen molar-refractivity contribution in [2.75, 3.05) is 0 Å². The molecule has 2 rings (SSSR count). The summed E-state index contributed by atoms with van der Waals surface area (Å²) in [6, 6.07) is 1.61. The van der Waals surface area contributed by atoms with E-state index in [4.69, 9.17) is 0 Å². The van der Waals surface area contributed by atoms with E-state index in [2.05, 4.69) is 26.1 Å². The summed E-state index contributed by atoms with van der Waals surface area (Å²) in [5.41, 5.74) is 0. The van der Waals surface area contributed by atoms with Gasteiger partial charge in [0.1, 0.15) is 0 Å². The monoisotopic (exact) mass is 251 g/mol. The van der Waals surface area contributed by atoms with Crippen molar-refractivity contribution in [2.45, 2.75) is 90.6 Å². The number of hydrogen-bond acceptors (Lipinski definition) is 1. The van der Waals surface area contributed by atoms with Gasteiger partial charge in [-0.05, 0) is 56.3 Å². The molecule has 0 heterocycles. The van der Waals surface area contributed by atoms with Gasteiger partial charge < -0.3 is 5.32 Å². The number of rotatable bonds is 4. The molecule has 0 bridgehead atoms. The summed E-state index contributed by atoms with van der Waals surface area (Å²) < 4.78 is 0. The number of nitrogens with one attached hydrogen (secondary N) is 1. The van der Waals surface area contributed by atoms with Crippen molar-refractivity contribution in [3.63, 3.8) is 0 Å². The van der Waals surface area contributed by atoms with E-state index in [-0.39, 0.29) is 0 Å². The Labute approximate surface area is 114 Å². The van der Waals surface area contributed by atoms with Crippen LogP contribution in [0.1, 0.15) is 78.6 Å². The molecule has 0 aliphatic heterocycles. The smallest absolute Gasteiger partial charge is 0.00952 e. The topological polar surface area (TPSA) is 12.0 Å². The second kappa shape index (κ2) is 6.93. The standard InChI is InChI=1S/C17H33N/c1-4-17(15-8-6-5-7-9-15)18-16-11-10-13(2)14(3)12-16/h13-18H,4-12H2,1-3H3. The highest BCUT2D eigenvalue weighted by molar-refractivity contribution is 4.85. The van der Waals surface area contributed by atoms with Crippen LogP contribution in [-0.2, 0) is 0 Å². The van der Waals surface area contributed by atoms with E-state index in [1.54, 1.807) is 0 Å². The van der Waals surface area contributed by atoms with Crippen molar-refractivity contribution in [2.24, 2.45) is 17.8 Å². The summed E-state index contributed by atoms with van der Waals surface area (Å²) in [6.07, 6.45) is 12.9. The molecule has 1 N–H and O–H groups in total. The van der Waals surface area contributed by atoms with Crippen LogP contribution >= 0.6 is 0 Å². The zero-order chi connectivity index (χ0) is 13.0. The average Bonchev–Trinajstić information content (AvgIpc) is 2.41. The molecule has 2 fully saturated rings. The van der Waals surface area contributed by atoms with Gasteiger partial charge in [0.15, 0.2) is 0 Å². The minimum absolute atomic E-state index is 0.802. The SMILES string of the molecule is CCC(NC1CCC(C)C(C)C1)C1CCCCC1. The molecule has 0 amide bonds. The van der Waals surface area contributed by atoms with Crippen LogP contribution in [0, 0.1) is 17.8 Å². The van der Waals surface area contributed by atoms with Gasteiger partial charge in [0.05, 0.1) is 0 Å². The van der Waals surface area contributed by atoms with Crippen LogP contribution in [0.4, 0.5) is 0 Å². The lowest BCUT2D eigenvalue weighted by atomic mass is 9.77. The lowest BCUT2D eigenvalue weighted by molar-refractivity contribution is 0.181. The molecule has 0 aromatic rings. The van der Waals surface area contributed by atoms with E-state index in [9.17, 15) is 0 Å². The highest BCUT2D eigenvalue weighted by Gasteiger charge is 2.28. The van der Waals surface area contributed by atoms with Gasteiger partial charge in [-0.2, -0.15) is 0 Å². The van der Waals surface area contributed by atoms with Crippen LogP contribution in [0.25, 0.3) is 0 Å². The molecule has 4 unspecified atom stereocenters. The molecule has 2 saturated carbocycles. The first-order valence-electron chi connectivity index (χ1n) is 8.46. The molecular weight excluding hydrogens is 218 g/mol. The van der Waals surface area contributed by atoms with Gasteiger partial charge in [-0.3, -0.25) is 0 Å². The quantitative estimate of drug-likeness (QED) is 0.759. The van der Waals surface area contributed by atoms with Gasteiger partial charge in [-0.25, -0.2) is 0 Å². The molecule has 1 nitrogen and oxygen atoms in total. The Balaban J connectivity index is 1.82. The zero-order valence-corrected chi connectivity index (χ0v) is 12.8. The summed E-state index contributed by atoms with van der Waals surface area (Å²) >= 11 is 0. The average molecular weight is 251 g/mol. The third-order valence-corrected chi connectivity index (χ3v) is 5.71. The first-order chi connectivity index (χ1) is 8.70. The van der Waals surface area contributed by atoms with Crippen LogP contribution in [0.15, 0.2) is 0 Å². The normalized spacial score (nSPS) is 36.5. The van der Waals surface area contributed by atoms with Gasteiger partial charge >= 0.3 is 0 Å². The van der Waals surface area contributed by atoms with E-state index in [0.717, 1.165) is 29.8 Å². The zero-order valence-electron chi connectivity index (χ0n) is 12.8. The third-order valence-electron chi connectivity index (χ3n) is 5.71. The van der Waals surface area contributed by atoms with Crippen LogP contribution in [0.5, 0.6) is 0 Å². The fourth-order valence-electron chi connectivity index (χ4n) is 4.13. The maximum absolute atomic E-state index is 4.03. The van der Waals surface area contributed by atoms with Crippen LogP contribution in [0.2, 0.25) is 0 Å². The van der Waals surface area contributed by atoms with Crippen molar-refractivity contribution in [3.05, 3.63) is 0 Å². The lowest BCUT2D eigenvalue weighted by Crippen LogP contribution is -2.45. The van der Waals surface area contributed by atoms with Gasteiger partial charge in [0, 0.05) is 12.1 Å². The van der Waals surface area contributed by atoms with Gasteiger partial charge in [-0.15, -0.1) is 0 Å². The molecule has 2 aliphatic carbocycles. The maximum atomic E-state index is 4.03. The summed E-state index contributed by atoms with van der Waals surface area (Å²) in [5.74, 6) is 2.83. The Morgan fingerprint density at radius 1 is 0.944 bits per heavy atom. The predicted molar refractivity (Wildman–Crippen MR) is 79.8 cm³/mol. The molecule has 106 valence electrons. The molecule has 4 atom stereocenters. The molecule has 0 radical (unpaired) electrons. The molecule has 18 heavy (non-hydrogen) atoms. The largest absolute Gasteiger partial charge is 0.311 e. The Morgan fingerprint density at radius 3 is 2.28 bits per heavy atom. The first kappa shape index (κ1) is 14.4. The highest BCUT2D eigenvalue weighted by Crippen LogP contribution is 2.32.